The molecule has 37 valence electrons. The minimum atomic E-state index is 0.556. The van der Waals surface area contributed by atoms with Crippen LogP contribution in [0.5, 0.6) is 5.19 Å². The number of aromatic nitrogens is 2. The molecule has 0 saturated heterocycles. The molecule has 0 atom stereocenters. The van der Waals surface area contributed by atoms with Gasteiger partial charge in [0.15, 0.2) is 0 Å². The zero-order chi connectivity index (χ0) is 5.11. The second-order valence-electron chi connectivity index (χ2n) is 0.864. The smallest absolute Gasteiger partial charge is 0.293 e. The normalized spacial score (nSPS) is 8.71. The Morgan fingerprint density at radius 1 is 1.86 bits per heavy atom. The van der Waals surface area contributed by atoms with Gasteiger partial charge in [-0.1, -0.05) is 0 Å². The van der Waals surface area contributed by atoms with Crippen molar-refractivity contribution in [2.24, 2.45) is 0 Å². The Morgan fingerprint density at radius 3 is 3.00 bits per heavy atom. The van der Waals surface area contributed by atoms with Crippen molar-refractivity contribution in [1.82, 2.24) is 9.36 Å². The summed E-state index contributed by atoms with van der Waals surface area (Å²) in [5.41, 5.74) is 0. The zero-order valence-electron chi connectivity index (χ0n) is 3.71. The molecule has 0 fully saturated rings. The first-order valence-corrected chi connectivity index (χ1v) is 2.44. The molecule has 0 amide bonds. The Bertz CT molecular complexity index is 127. The van der Waals surface area contributed by atoms with Crippen molar-refractivity contribution >= 4 is 11.5 Å². The Morgan fingerprint density at radius 2 is 2.71 bits per heavy atom. The molecule has 1 heterocycles. The molecule has 0 aliphatic carbocycles. The fourth-order valence-electron chi connectivity index (χ4n) is 0.224. The molecule has 1 rings (SSSR count). The van der Waals surface area contributed by atoms with Crippen LogP contribution >= 0.6 is 11.5 Å². The highest BCUT2D eigenvalue weighted by molar-refractivity contribution is 7.07. The van der Waals surface area contributed by atoms with Crippen LogP contribution in [0, 0.1) is 6.33 Å². The van der Waals surface area contributed by atoms with Crippen molar-refractivity contribution in [2.45, 2.75) is 0 Å². The summed E-state index contributed by atoms with van der Waals surface area (Å²) in [5, 5.41) is 0.556. The lowest BCUT2D eigenvalue weighted by molar-refractivity contribution is 0.411. The second kappa shape index (κ2) is 1.88. The standard InChI is InChI=1S/C3H3N2OS/c1-6-3-4-2-5-7-3/h1H3. The first kappa shape index (κ1) is 4.52. The lowest BCUT2D eigenvalue weighted by atomic mass is 11.3. The van der Waals surface area contributed by atoms with Crippen LogP contribution in [-0.4, -0.2) is 16.5 Å². The Balaban J connectivity index is 2.76. The fraction of sp³-hybridized carbons (Fsp3) is 0.333. The Hall–Kier alpha value is -0.640. The van der Waals surface area contributed by atoms with Crippen molar-refractivity contribution < 1.29 is 4.74 Å². The van der Waals surface area contributed by atoms with Crippen molar-refractivity contribution in [1.29, 1.82) is 0 Å². The van der Waals surface area contributed by atoms with Crippen LogP contribution in [0.4, 0.5) is 0 Å². The highest BCUT2D eigenvalue weighted by Crippen LogP contribution is 2.06. The maximum absolute atomic E-state index is 4.67. The summed E-state index contributed by atoms with van der Waals surface area (Å²) in [7, 11) is 1.55. The molecule has 0 N–H and O–H groups in total. The third-order valence-corrected chi connectivity index (χ3v) is 1.07. The number of ether oxygens (including phenoxy) is 1. The monoisotopic (exact) mass is 115 g/mol. The van der Waals surface area contributed by atoms with Gasteiger partial charge in [0.1, 0.15) is 0 Å². The van der Waals surface area contributed by atoms with E-state index >= 15 is 0 Å². The number of rotatable bonds is 1. The fourth-order valence-corrected chi connectivity index (χ4v) is 0.540. The molecule has 0 aliphatic heterocycles. The van der Waals surface area contributed by atoms with E-state index in [0.29, 0.717) is 5.19 Å². The van der Waals surface area contributed by atoms with Gasteiger partial charge < -0.3 is 4.74 Å². The lowest BCUT2D eigenvalue weighted by Gasteiger charge is -1.82. The van der Waals surface area contributed by atoms with Gasteiger partial charge in [0.25, 0.3) is 5.19 Å². The van der Waals surface area contributed by atoms with Crippen LogP contribution in [0.2, 0.25) is 0 Å². The van der Waals surface area contributed by atoms with Crippen molar-refractivity contribution in [3.8, 4) is 5.19 Å². The molecule has 7 heavy (non-hydrogen) atoms. The van der Waals surface area contributed by atoms with E-state index in [9.17, 15) is 0 Å². The van der Waals surface area contributed by atoms with Gasteiger partial charge in [-0.05, 0) is 0 Å². The van der Waals surface area contributed by atoms with Crippen LogP contribution < -0.4 is 4.74 Å². The van der Waals surface area contributed by atoms with E-state index < -0.39 is 0 Å². The first-order valence-electron chi connectivity index (χ1n) is 1.67. The lowest BCUT2D eigenvalue weighted by Crippen LogP contribution is -1.77. The topological polar surface area (TPSA) is 35.0 Å². The van der Waals surface area contributed by atoms with Crippen LogP contribution in [-0.2, 0) is 0 Å². The molecule has 4 heteroatoms. The largest absolute Gasteiger partial charge is 0.472 e. The summed E-state index contributed by atoms with van der Waals surface area (Å²) in [6.07, 6.45) is 2.37. The van der Waals surface area contributed by atoms with Gasteiger partial charge in [-0.25, -0.2) is 0 Å². The zero-order valence-corrected chi connectivity index (χ0v) is 4.53. The molecule has 1 radical (unpaired) electrons. The Kier molecular flexibility index (Phi) is 1.21. The molecule has 1 aromatic rings. The van der Waals surface area contributed by atoms with E-state index in [4.69, 9.17) is 0 Å². The van der Waals surface area contributed by atoms with Crippen molar-refractivity contribution in [3.05, 3.63) is 6.33 Å². The molecule has 0 saturated carbocycles. The Labute approximate surface area is 45.1 Å². The van der Waals surface area contributed by atoms with Gasteiger partial charge in [0, 0.05) is 11.5 Å². The average Bonchev–Trinajstić information content (AvgIpc) is 2.14. The minimum absolute atomic E-state index is 0.556. The van der Waals surface area contributed by atoms with Gasteiger partial charge in [0.05, 0.1) is 7.11 Å². The van der Waals surface area contributed by atoms with Gasteiger partial charge in [0.2, 0.25) is 6.33 Å². The van der Waals surface area contributed by atoms with Gasteiger partial charge in [-0.15, -0.1) is 0 Å². The third-order valence-electron chi connectivity index (χ3n) is 0.480. The van der Waals surface area contributed by atoms with Crippen LogP contribution in [0.25, 0.3) is 0 Å². The molecule has 0 aliphatic rings. The summed E-state index contributed by atoms with van der Waals surface area (Å²) >= 11 is 1.18. The van der Waals surface area contributed by atoms with Gasteiger partial charge in [-0.3, -0.25) is 0 Å². The summed E-state index contributed by atoms with van der Waals surface area (Å²) in [4.78, 5) is 3.59. The first-order chi connectivity index (χ1) is 3.43. The van der Waals surface area contributed by atoms with Gasteiger partial charge in [-0.2, -0.15) is 9.36 Å². The molecule has 1 aromatic heterocycles. The second-order valence-corrected chi connectivity index (χ2v) is 1.58. The molecular formula is C3H3N2OS. The predicted molar refractivity (Wildman–Crippen MR) is 25.3 cm³/mol. The molecule has 0 bridgehead atoms. The van der Waals surface area contributed by atoms with E-state index in [-0.39, 0.29) is 0 Å². The summed E-state index contributed by atoms with van der Waals surface area (Å²) in [5.74, 6) is 0. The van der Waals surface area contributed by atoms with E-state index in [2.05, 4.69) is 20.4 Å². The molecule has 0 unspecified atom stereocenters. The summed E-state index contributed by atoms with van der Waals surface area (Å²) in [6, 6.07) is 0. The minimum Gasteiger partial charge on any atom is -0.472 e. The van der Waals surface area contributed by atoms with E-state index in [0.717, 1.165) is 0 Å². The van der Waals surface area contributed by atoms with Gasteiger partial charge >= 0.3 is 0 Å². The van der Waals surface area contributed by atoms with Crippen molar-refractivity contribution in [2.75, 3.05) is 7.11 Å². The van der Waals surface area contributed by atoms with Crippen LogP contribution in [0.1, 0.15) is 0 Å². The molecule has 0 aromatic carbocycles. The quantitative estimate of drug-likeness (QED) is 0.529. The van der Waals surface area contributed by atoms with Crippen LogP contribution in [0.3, 0.4) is 0 Å². The number of hydrogen-bond donors (Lipinski definition) is 0. The summed E-state index contributed by atoms with van der Waals surface area (Å²) < 4.78 is 8.24. The maximum atomic E-state index is 4.67. The van der Waals surface area contributed by atoms with E-state index in [1.54, 1.807) is 7.11 Å². The predicted octanol–water partition coefficient (Wildman–Crippen LogP) is 0.347. The number of methoxy groups -OCH3 is 1. The average molecular weight is 115 g/mol. The number of nitrogens with zero attached hydrogens (tertiary/aromatic N) is 2. The van der Waals surface area contributed by atoms with Crippen LogP contribution in [0.15, 0.2) is 0 Å². The third kappa shape index (κ3) is 0.866. The highest BCUT2D eigenvalue weighted by atomic mass is 32.1. The highest BCUT2D eigenvalue weighted by Gasteiger charge is 1.88. The molecule has 3 nitrogen and oxygen atoms in total. The molecule has 0 spiro atoms. The SMILES string of the molecule is COc1n[c]ns1. The maximum Gasteiger partial charge on any atom is 0.293 e. The van der Waals surface area contributed by atoms with E-state index in [1.807, 2.05) is 0 Å². The van der Waals surface area contributed by atoms with E-state index in [1.165, 1.54) is 11.5 Å². The summed E-state index contributed by atoms with van der Waals surface area (Å²) in [6.45, 7) is 0. The number of hydrogen-bond acceptors (Lipinski definition) is 4. The van der Waals surface area contributed by atoms with Crippen molar-refractivity contribution in [3.63, 3.8) is 0 Å². The molecular weight excluding hydrogens is 112 g/mol.